The molecule has 7 heteroatoms. The summed E-state index contributed by atoms with van der Waals surface area (Å²) in [5.74, 6) is 0.931. The minimum absolute atomic E-state index is 0.130. The van der Waals surface area contributed by atoms with E-state index in [0.717, 1.165) is 38.4 Å². The second-order valence-electron chi connectivity index (χ2n) is 6.56. The minimum atomic E-state index is -0.130. The van der Waals surface area contributed by atoms with Crippen molar-refractivity contribution in [3.8, 4) is 5.69 Å². The van der Waals surface area contributed by atoms with Crippen molar-refractivity contribution < 1.29 is 4.79 Å². The number of aromatic nitrogens is 1. The minimum Gasteiger partial charge on any atom is -0.318 e. The summed E-state index contributed by atoms with van der Waals surface area (Å²) in [4.78, 5) is 12.0. The summed E-state index contributed by atoms with van der Waals surface area (Å²) in [6, 6.07) is 17.8. The van der Waals surface area contributed by atoms with Gasteiger partial charge in [-0.3, -0.25) is 4.79 Å². The molecule has 0 saturated heterocycles. The number of carbonyl (C=O) groups is 1. The lowest BCUT2D eigenvalue weighted by molar-refractivity contribution is -0.118. The monoisotopic (exact) mass is 489 g/mol. The van der Waals surface area contributed by atoms with E-state index >= 15 is 0 Å². The van der Waals surface area contributed by atoms with Gasteiger partial charge in [0.05, 0.1) is 12.0 Å². The van der Waals surface area contributed by atoms with Gasteiger partial charge in [0, 0.05) is 37.9 Å². The molecule has 1 amide bonds. The zero-order chi connectivity index (χ0) is 20.8. The van der Waals surface area contributed by atoms with Crippen LogP contribution in [0, 0.1) is 13.8 Å². The highest BCUT2D eigenvalue weighted by molar-refractivity contribution is 9.10. The zero-order valence-corrected chi connectivity index (χ0v) is 19.3. The Balaban J connectivity index is 1.56. The second-order valence-corrected chi connectivity index (χ2v) is 8.90. The van der Waals surface area contributed by atoms with Crippen LogP contribution in [0.3, 0.4) is 0 Å². The average Bonchev–Trinajstić information content (AvgIpc) is 2.95. The van der Waals surface area contributed by atoms with E-state index in [1.54, 1.807) is 6.21 Å². The van der Waals surface area contributed by atoms with Gasteiger partial charge in [-0.05, 0) is 55.8 Å². The summed E-state index contributed by atoms with van der Waals surface area (Å²) in [7, 11) is 0. The Labute approximate surface area is 188 Å². The molecule has 1 N–H and O–H groups in total. The number of nitrogens with one attached hydrogen (secondary N) is 1. The molecule has 150 valence electrons. The van der Waals surface area contributed by atoms with Crippen LogP contribution in [-0.2, 0) is 10.5 Å². The molecule has 0 fully saturated rings. The maximum atomic E-state index is 12.0. The third kappa shape index (κ3) is 5.98. The first kappa shape index (κ1) is 21.7. The largest absolute Gasteiger partial charge is 0.318 e. The number of hydrogen-bond acceptors (Lipinski definition) is 3. The average molecular weight is 491 g/mol. The summed E-state index contributed by atoms with van der Waals surface area (Å²) in [5, 5.41) is 4.83. The molecule has 0 unspecified atom stereocenters. The standard InChI is InChI=1S/C22H21BrClN3OS/c1-15-9-18(16(2)27(15)21-8-4-6-19(23)11-21)12-25-26-22(28)14-29-13-17-5-3-7-20(24)10-17/h3-12H,13-14H2,1-2H3,(H,26,28)/b25-12+. The third-order valence-electron chi connectivity index (χ3n) is 4.32. The van der Waals surface area contributed by atoms with Crippen LogP contribution in [0.5, 0.6) is 0 Å². The third-order valence-corrected chi connectivity index (χ3v) is 6.05. The highest BCUT2D eigenvalue weighted by Crippen LogP contribution is 2.22. The second kappa shape index (κ2) is 10.1. The topological polar surface area (TPSA) is 46.4 Å². The van der Waals surface area contributed by atoms with Gasteiger partial charge in [0.15, 0.2) is 0 Å². The fourth-order valence-corrected chi connectivity index (χ4v) is 4.39. The number of halogens is 2. The van der Waals surface area contributed by atoms with E-state index in [9.17, 15) is 4.79 Å². The first-order valence-electron chi connectivity index (χ1n) is 9.03. The lowest BCUT2D eigenvalue weighted by Crippen LogP contribution is -2.19. The smallest absolute Gasteiger partial charge is 0.250 e. The van der Waals surface area contributed by atoms with Crippen molar-refractivity contribution in [1.29, 1.82) is 0 Å². The Morgan fingerprint density at radius 1 is 1.21 bits per heavy atom. The Morgan fingerprint density at radius 2 is 2.00 bits per heavy atom. The molecular weight excluding hydrogens is 470 g/mol. The van der Waals surface area contributed by atoms with Crippen molar-refractivity contribution in [1.82, 2.24) is 9.99 Å². The molecule has 1 aromatic heterocycles. The summed E-state index contributed by atoms with van der Waals surface area (Å²) in [5.41, 5.74) is 7.91. The van der Waals surface area contributed by atoms with Crippen LogP contribution >= 0.6 is 39.3 Å². The molecule has 0 saturated carbocycles. The number of hydrogen-bond donors (Lipinski definition) is 1. The lowest BCUT2D eigenvalue weighted by Gasteiger charge is -2.09. The maximum Gasteiger partial charge on any atom is 0.250 e. The van der Waals surface area contributed by atoms with Crippen LogP contribution in [0.15, 0.2) is 64.2 Å². The summed E-state index contributed by atoms with van der Waals surface area (Å²) in [6.07, 6.45) is 1.69. The fraction of sp³-hybridized carbons (Fsp3) is 0.182. The van der Waals surface area contributed by atoms with E-state index < -0.39 is 0 Å². The number of carbonyl (C=O) groups excluding carboxylic acids is 1. The Bertz CT molecular complexity index is 1050. The van der Waals surface area contributed by atoms with Gasteiger partial charge < -0.3 is 4.57 Å². The number of hydrazone groups is 1. The Kier molecular flexibility index (Phi) is 7.58. The molecule has 3 rings (SSSR count). The van der Waals surface area contributed by atoms with E-state index in [0.29, 0.717) is 10.8 Å². The highest BCUT2D eigenvalue weighted by Gasteiger charge is 2.10. The molecule has 0 bridgehead atoms. The van der Waals surface area contributed by atoms with E-state index in [2.05, 4.69) is 56.1 Å². The molecule has 0 radical (unpaired) electrons. The number of aryl methyl sites for hydroxylation is 1. The van der Waals surface area contributed by atoms with Crippen molar-refractivity contribution in [3.05, 3.63) is 86.6 Å². The maximum absolute atomic E-state index is 12.0. The first-order chi connectivity index (χ1) is 13.9. The molecule has 0 spiro atoms. The summed E-state index contributed by atoms with van der Waals surface area (Å²) in [6.45, 7) is 4.09. The van der Waals surface area contributed by atoms with Crippen molar-refractivity contribution in [3.63, 3.8) is 0 Å². The Morgan fingerprint density at radius 3 is 2.76 bits per heavy atom. The van der Waals surface area contributed by atoms with Gasteiger partial charge >= 0.3 is 0 Å². The van der Waals surface area contributed by atoms with Crippen LogP contribution in [-0.4, -0.2) is 22.4 Å². The SMILES string of the molecule is Cc1cc(/C=N/NC(=O)CSCc2cccc(Cl)c2)c(C)n1-c1cccc(Br)c1. The van der Waals surface area contributed by atoms with Crippen molar-refractivity contribution >= 4 is 51.4 Å². The van der Waals surface area contributed by atoms with E-state index in [1.165, 1.54) is 11.8 Å². The van der Waals surface area contributed by atoms with Crippen molar-refractivity contribution in [2.75, 3.05) is 5.75 Å². The number of benzene rings is 2. The number of thioether (sulfide) groups is 1. The highest BCUT2D eigenvalue weighted by atomic mass is 79.9. The van der Waals surface area contributed by atoms with Crippen LogP contribution in [0.25, 0.3) is 5.69 Å². The normalized spacial score (nSPS) is 11.2. The van der Waals surface area contributed by atoms with Crippen LogP contribution in [0.1, 0.15) is 22.5 Å². The number of amides is 1. The predicted octanol–water partition coefficient (Wildman–Crippen LogP) is 5.89. The summed E-state index contributed by atoms with van der Waals surface area (Å²) >= 11 is 11.0. The molecule has 0 aliphatic rings. The zero-order valence-electron chi connectivity index (χ0n) is 16.2. The van der Waals surface area contributed by atoms with Crippen LogP contribution in [0.4, 0.5) is 0 Å². The molecule has 0 atom stereocenters. The molecule has 1 heterocycles. The summed E-state index contributed by atoms with van der Waals surface area (Å²) < 4.78 is 3.19. The van der Waals surface area contributed by atoms with Gasteiger partial charge in [0.2, 0.25) is 5.91 Å². The van der Waals surface area contributed by atoms with Gasteiger partial charge in [-0.1, -0.05) is 45.7 Å². The molecule has 0 aliphatic heterocycles. The van der Waals surface area contributed by atoms with Crippen LogP contribution in [0.2, 0.25) is 5.02 Å². The van der Waals surface area contributed by atoms with Crippen molar-refractivity contribution in [2.45, 2.75) is 19.6 Å². The van der Waals surface area contributed by atoms with Crippen molar-refractivity contribution in [2.24, 2.45) is 5.10 Å². The molecule has 2 aromatic carbocycles. The van der Waals surface area contributed by atoms with Gasteiger partial charge in [0.25, 0.3) is 0 Å². The number of nitrogens with zero attached hydrogens (tertiary/aromatic N) is 2. The van der Waals surface area contributed by atoms with Crippen LogP contribution < -0.4 is 5.43 Å². The molecule has 29 heavy (non-hydrogen) atoms. The van der Waals surface area contributed by atoms with E-state index in [4.69, 9.17) is 11.6 Å². The predicted molar refractivity (Wildman–Crippen MR) is 126 cm³/mol. The molecule has 4 nitrogen and oxygen atoms in total. The lowest BCUT2D eigenvalue weighted by atomic mass is 10.2. The van der Waals surface area contributed by atoms with Gasteiger partial charge in [-0.15, -0.1) is 11.8 Å². The van der Waals surface area contributed by atoms with Gasteiger partial charge in [-0.25, -0.2) is 5.43 Å². The Hall–Kier alpha value is -2.02. The molecule has 3 aromatic rings. The molecule has 0 aliphatic carbocycles. The fourth-order valence-electron chi connectivity index (χ4n) is 3.03. The van der Waals surface area contributed by atoms with Gasteiger partial charge in [0.1, 0.15) is 0 Å². The van der Waals surface area contributed by atoms with E-state index in [-0.39, 0.29) is 5.91 Å². The number of rotatable bonds is 7. The molecular formula is C22H21BrClN3OS. The van der Waals surface area contributed by atoms with Gasteiger partial charge in [-0.2, -0.15) is 5.10 Å². The quantitative estimate of drug-likeness (QED) is 0.331. The first-order valence-corrected chi connectivity index (χ1v) is 11.4. The van der Waals surface area contributed by atoms with E-state index in [1.807, 2.05) is 43.3 Å².